The van der Waals surface area contributed by atoms with Gasteiger partial charge in [0.25, 0.3) is 10.0 Å². The van der Waals surface area contributed by atoms with E-state index in [0.717, 1.165) is 9.87 Å². The molecular weight excluding hydrogens is 597 g/mol. The summed E-state index contributed by atoms with van der Waals surface area (Å²) in [6, 6.07) is 16.7. The molecule has 0 fully saturated rings. The van der Waals surface area contributed by atoms with Gasteiger partial charge >= 0.3 is 0 Å². The van der Waals surface area contributed by atoms with Gasteiger partial charge in [-0.3, -0.25) is 13.9 Å². The lowest BCUT2D eigenvalue weighted by Crippen LogP contribution is -2.53. The fraction of sp³-hybridized carbons (Fsp3) is 0.355. The third-order valence-corrected chi connectivity index (χ3v) is 9.37. The fourth-order valence-electron chi connectivity index (χ4n) is 4.31. The van der Waals surface area contributed by atoms with Gasteiger partial charge in [-0.15, -0.1) is 0 Å². The number of rotatable bonds is 13. The summed E-state index contributed by atoms with van der Waals surface area (Å²) in [5.41, 5.74) is 1.81. The van der Waals surface area contributed by atoms with E-state index in [0.29, 0.717) is 39.9 Å². The summed E-state index contributed by atoms with van der Waals surface area (Å²) < 4.78 is 34.2. The number of carbonyl (C=O) groups is 2. The van der Waals surface area contributed by atoms with Crippen molar-refractivity contribution in [3.63, 3.8) is 0 Å². The number of amides is 2. The minimum absolute atomic E-state index is 0.00877. The molecule has 226 valence electrons. The molecule has 1 N–H and O–H groups in total. The van der Waals surface area contributed by atoms with Crippen molar-refractivity contribution in [1.82, 2.24) is 10.2 Å². The fourth-order valence-corrected chi connectivity index (χ4v) is 6.19. The predicted molar refractivity (Wildman–Crippen MR) is 168 cm³/mol. The Morgan fingerprint density at radius 2 is 1.60 bits per heavy atom. The van der Waals surface area contributed by atoms with Gasteiger partial charge in [-0.25, -0.2) is 8.42 Å². The van der Waals surface area contributed by atoms with E-state index in [9.17, 15) is 18.0 Å². The Labute approximate surface area is 258 Å². The number of methoxy groups -OCH3 is 1. The maximum Gasteiger partial charge on any atom is 0.264 e. The van der Waals surface area contributed by atoms with E-state index in [-0.39, 0.29) is 23.4 Å². The summed E-state index contributed by atoms with van der Waals surface area (Å²) in [7, 11) is -2.71. The SMILES string of the molecule is CC[C@H](C)NC(=O)[C@H](CC)N(Cc1ccc(Cl)cc1Cl)C(=O)CN(c1ccc(C)cc1)S(=O)(=O)c1ccc(OC)cc1. The Kier molecular flexibility index (Phi) is 11.7. The van der Waals surface area contributed by atoms with Gasteiger partial charge in [-0.05, 0) is 80.8 Å². The quantitative estimate of drug-likeness (QED) is 0.241. The molecule has 0 bridgehead atoms. The lowest BCUT2D eigenvalue weighted by atomic mass is 10.1. The first-order valence-corrected chi connectivity index (χ1v) is 15.9. The molecule has 0 saturated carbocycles. The first-order valence-electron chi connectivity index (χ1n) is 13.7. The van der Waals surface area contributed by atoms with E-state index >= 15 is 0 Å². The van der Waals surface area contributed by atoms with Crippen molar-refractivity contribution >= 4 is 50.7 Å². The van der Waals surface area contributed by atoms with Crippen LogP contribution in [0.2, 0.25) is 10.0 Å². The van der Waals surface area contributed by atoms with Gasteiger partial charge in [-0.1, -0.05) is 60.8 Å². The molecule has 0 aliphatic rings. The first kappa shape index (κ1) is 33.2. The van der Waals surface area contributed by atoms with Crippen LogP contribution in [0.25, 0.3) is 0 Å². The van der Waals surface area contributed by atoms with Crippen molar-refractivity contribution in [3.05, 3.63) is 87.9 Å². The lowest BCUT2D eigenvalue weighted by molar-refractivity contribution is -0.140. The molecule has 3 aromatic carbocycles. The van der Waals surface area contributed by atoms with E-state index in [2.05, 4.69) is 5.32 Å². The number of hydrogen-bond donors (Lipinski definition) is 1. The third kappa shape index (κ3) is 8.18. The van der Waals surface area contributed by atoms with E-state index < -0.39 is 28.5 Å². The number of aryl methyl sites for hydroxylation is 1. The maximum absolute atomic E-state index is 14.2. The molecule has 0 aliphatic carbocycles. The Bertz CT molecular complexity index is 1480. The van der Waals surface area contributed by atoms with Crippen LogP contribution in [0.5, 0.6) is 5.75 Å². The Balaban J connectivity index is 2.08. The molecule has 11 heteroatoms. The topological polar surface area (TPSA) is 96.0 Å². The number of ether oxygens (including phenoxy) is 1. The van der Waals surface area contributed by atoms with E-state index in [4.69, 9.17) is 27.9 Å². The summed E-state index contributed by atoms with van der Waals surface area (Å²) in [4.78, 5) is 28.9. The standard InChI is InChI=1S/C31H37Cl2N3O5S/c1-6-22(4)34-31(38)29(7-2)35(19-23-10-11-24(32)18-28(23)33)30(37)20-36(25-12-8-21(3)9-13-25)42(39,40)27-16-14-26(41-5)15-17-27/h8-18,22,29H,6-7,19-20H2,1-5H3,(H,34,38)/t22-,29-/m0/s1. The molecule has 0 aromatic heterocycles. The smallest absolute Gasteiger partial charge is 0.264 e. The highest BCUT2D eigenvalue weighted by Crippen LogP contribution is 2.28. The molecule has 3 aromatic rings. The average molecular weight is 635 g/mol. The van der Waals surface area contributed by atoms with Crippen molar-refractivity contribution in [2.75, 3.05) is 18.0 Å². The number of hydrogen-bond acceptors (Lipinski definition) is 5. The minimum Gasteiger partial charge on any atom is -0.497 e. The van der Waals surface area contributed by atoms with Crippen LogP contribution in [0.3, 0.4) is 0 Å². The summed E-state index contributed by atoms with van der Waals surface area (Å²) in [6.07, 6.45) is 1.01. The number of anilines is 1. The van der Waals surface area contributed by atoms with Crippen molar-refractivity contribution in [1.29, 1.82) is 0 Å². The summed E-state index contributed by atoms with van der Waals surface area (Å²) in [5, 5.41) is 3.72. The van der Waals surface area contributed by atoms with Crippen LogP contribution in [0.15, 0.2) is 71.6 Å². The van der Waals surface area contributed by atoms with Crippen LogP contribution in [0.1, 0.15) is 44.7 Å². The van der Waals surface area contributed by atoms with Crippen LogP contribution < -0.4 is 14.4 Å². The predicted octanol–water partition coefficient (Wildman–Crippen LogP) is 6.23. The number of halogens is 2. The molecule has 3 rings (SSSR count). The zero-order chi connectivity index (χ0) is 31.0. The van der Waals surface area contributed by atoms with Crippen molar-refractivity contribution < 1.29 is 22.7 Å². The maximum atomic E-state index is 14.2. The summed E-state index contributed by atoms with van der Waals surface area (Å²) in [5.74, 6) is -0.397. The summed E-state index contributed by atoms with van der Waals surface area (Å²) >= 11 is 12.6. The number of nitrogens with zero attached hydrogens (tertiary/aromatic N) is 2. The van der Waals surface area contributed by atoms with Gasteiger partial charge in [0.05, 0.1) is 17.7 Å². The van der Waals surface area contributed by atoms with Crippen molar-refractivity contribution in [2.24, 2.45) is 0 Å². The molecule has 0 heterocycles. The van der Waals surface area contributed by atoms with E-state index in [1.807, 2.05) is 20.8 Å². The average Bonchev–Trinajstić information content (AvgIpc) is 2.97. The normalized spacial score (nSPS) is 12.7. The molecule has 0 radical (unpaired) electrons. The van der Waals surface area contributed by atoms with Crippen LogP contribution in [0, 0.1) is 6.92 Å². The Morgan fingerprint density at radius 3 is 2.14 bits per heavy atom. The zero-order valence-electron chi connectivity index (χ0n) is 24.4. The Hall–Kier alpha value is -3.27. The van der Waals surface area contributed by atoms with Crippen LogP contribution >= 0.6 is 23.2 Å². The second kappa shape index (κ2) is 14.8. The molecular formula is C31H37Cl2N3O5S. The largest absolute Gasteiger partial charge is 0.497 e. The van der Waals surface area contributed by atoms with Gasteiger partial charge in [-0.2, -0.15) is 0 Å². The van der Waals surface area contributed by atoms with Gasteiger partial charge in [0.15, 0.2) is 0 Å². The molecule has 0 aliphatic heterocycles. The molecule has 0 saturated heterocycles. The van der Waals surface area contributed by atoms with Crippen molar-refractivity contribution in [3.8, 4) is 5.75 Å². The zero-order valence-corrected chi connectivity index (χ0v) is 26.8. The highest BCUT2D eigenvalue weighted by Gasteiger charge is 2.34. The molecule has 8 nitrogen and oxygen atoms in total. The number of sulfonamides is 1. The first-order chi connectivity index (χ1) is 19.9. The Morgan fingerprint density at radius 1 is 0.952 bits per heavy atom. The molecule has 42 heavy (non-hydrogen) atoms. The van der Waals surface area contributed by atoms with Crippen LogP contribution in [-0.2, 0) is 26.2 Å². The number of nitrogens with one attached hydrogen (secondary N) is 1. The van der Waals surface area contributed by atoms with Crippen molar-refractivity contribution in [2.45, 2.75) is 64.1 Å². The minimum atomic E-state index is -4.20. The second-order valence-electron chi connectivity index (χ2n) is 10.0. The van der Waals surface area contributed by atoms with Gasteiger partial charge in [0, 0.05) is 22.6 Å². The van der Waals surface area contributed by atoms with Crippen LogP contribution in [0.4, 0.5) is 5.69 Å². The van der Waals surface area contributed by atoms with E-state index in [1.165, 1.54) is 24.1 Å². The molecule has 2 atom stereocenters. The van der Waals surface area contributed by atoms with Gasteiger partial charge in [0.2, 0.25) is 11.8 Å². The number of carbonyl (C=O) groups excluding carboxylic acids is 2. The molecule has 0 unspecified atom stereocenters. The highest BCUT2D eigenvalue weighted by atomic mass is 35.5. The van der Waals surface area contributed by atoms with E-state index in [1.54, 1.807) is 61.5 Å². The second-order valence-corrected chi connectivity index (χ2v) is 12.7. The lowest BCUT2D eigenvalue weighted by Gasteiger charge is -2.34. The third-order valence-electron chi connectivity index (χ3n) is 6.99. The highest BCUT2D eigenvalue weighted by molar-refractivity contribution is 7.92. The molecule has 0 spiro atoms. The van der Waals surface area contributed by atoms with Gasteiger partial charge in [0.1, 0.15) is 18.3 Å². The summed E-state index contributed by atoms with van der Waals surface area (Å²) in [6.45, 7) is 6.95. The monoisotopic (exact) mass is 633 g/mol. The number of benzene rings is 3. The molecule has 2 amide bonds. The van der Waals surface area contributed by atoms with Gasteiger partial charge < -0.3 is 15.0 Å². The van der Waals surface area contributed by atoms with Crippen LogP contribution in [-0.4, -0.2) is 50.9 Å².